The van der Waals surface area contributed by atoms with Gasteiger partial charge in [0, 0.05) is 11.8 Å². The van der Waals surface area contributed by atoms with Crippen molar-refractivity contribution in [3.63, 3.8) is 0 Å². The molecular formula is C36H56O8. The predicted molar refractivity (Wildman–Crippen MR) is 164 cm³/mol. The van der Waals surface area contributed by atoms with Crippen LogP contribution in [0.15, 0.2) is 11.6 Å². The van der Waals surface area contributed by atoms with Crippen LogP contribution in [0, 0.1) is 50.2 Å². The average Bonchev–Trinajstić information content (AvgIpc) is 2.95. The third-order valence-corrected chi connectivity index (χ3v) is 14.9. The number of ether oxygens (including phenoxy) is 2. The van der Waals surface area contributed by atoms with Gasteiger partial charge in [-0.1, -0.05) is 60.1 Å². The maximum Gasteiger partial charge on any atom is 0.315 e. The fraction of sp³-hybridized carbons (Fsp3) is 0.889. The van der Waals surface area contributed by atoms with E-state index < -0.39 is 48.7 Å². The number of rotatable bonds is 3. The van der Waals surface area contributed by atoms with E-state index in [4.69, 9.17) is 9.47 Å². The first kappa shape index (κ1) is 32.6. The van der Waals surface area contributed by atoms with Crippen LogP contribution < -0.4 is 0 Å². The van der Waals surface area contributed by atoms with Gasteiger partial charge in [-0.05, 0) is 97.2 Å². The van der Waals surface area contributed by atoms with Crippen LogP contribution in [-0.2, 0) is 19.1 Å². The number of Topliss-reactive ketones (excluding diaryl/α,β-unsaturated/α-hetero) is 1. The Morgan fingerprint density at radius 3 is 2.27 bits per heavy atom. The predicted octanol–water partition coefficient (Wildman–Crippen LogP) is 4.70. The molecule has 0 aromatic carbocycles. The summed E-state index contributed by atoms with van der Waals surface area (Å²) in [4.78, 5) is 27.4. The Morgan fingerprint density at radius 2 is 1.59 bits per heavy atom. The number of aliphatic hydroxyl groups is 4. The SMILES string of the molecule is CC1(C)CC[C@]2(C(=O)O[C@@H]3O[C@H](CO)[C@@H](O)[C@H](O)[C@H]3O)CC[C@]3(C)C(=CC[C@@H]4[C@@]5(C)CCC(=O)C(C)(C)[C@@H]5CC[C@]43C)[C@@H]2C1. The molecule has 44 heavy (non-hydrogen) atoms. The topological polar surface area (TPSA) is 134 Å². The van der Waals surface area contributed by atoms with Crippen LogP contribution in [-0.4, -0.2) is 69.5 Å². The van der Waals surface area contributed by atoms with E-state index in [1.807, 2.05) is 0 Å². The molecule has 0 bridgehead atoms. The van der Waals surface area contributed by atoms with E-state index in [1.54, 1.807) is 0 Å². The second-order valence-electron chi connectivity index (χ2n) is 17.6. The van der Waals surface area contributed by atoms with Crippen molar-refractivity contribution in [2.75, 3.05) is 6.61 Å². The van der Waals surface area contributed by atoms with Crippen LogP contribution in [0.1, 0.15) is 113 Å². The number of carbonyl (C=O) groups excluding carboxylic acids is 2. The molecule has 5 aliphatic carbocycles. The van der Waals surface area contributed by atoms with Gasteiger partial charge < -0.3 is 29.9 Å². The Hall–Kier alpha value is -1.32. The quantitative estimate of drug-likeness (QED) is 0.265. The zero-order valence-corrected chi connectivity index (χ0v) is 27.9. The van der Waals surface area contributed by atoms with Gasteiger partial charge in [-0.15, -0.1) is 0 Å². The lowest BCUT2D eigenvalue weighted by molar-refractivity contribution is -0.297. The minimum atomic E-state index is -1.61. The monoisotopic (exact) mass is 616 g/mol. The summed E-state index contributed by atoms with van der Waals surface area (Å²) in [6.07, 6.45) is 3.77. The van der Waals surface area contributed by atoms with Crippen LogP contribution in [0.5, 0.6) is 0 Å². The van der Waals surface area contributed by atoms with E-state index in [-0.39, 0.29) is 33.0 Å². The Bertz CT molecular complexity index is 1220. The molecule has 8 heteroatoms. The largest absolute Gasteiger partial charge is 0.432 e. The molecule has 0 radical (unpaired) electrons. The highest BCUT2D eigenvalue weighted by Crippen LogP contribution is 2.75. The molecule has 1 heterocycles. The Balaban J connectivity index is 1.35. The van der Waals surface area contributed by atoms with Crippen molar-refractivity contribution in [2.24, 2.45) is 50.2 Å². The number of ketones is 1. The van der Waals surface area contributed by atoms with Gasteiger partial charge in [-0.3, -0.25) is 9.59 Å². The third-order valence-electron chi connectivity index (χ3n) is 14.9. The summed E-state index contributed by atoms with van der Waals surface area (Å²) in [7, 11) is 0. The van der Waals surface area contributed by atoms with Crippen LogP contribution in [0.25, 0.3) is 0 Å². The Kier molecular flexibility index (Phi) is 7.66. The highest BCUT2D eigenvalue weighted by molar-refractivity contribution is 5.85. The van der Waals surface area contributed by atoms with Crippen LogP contribution in [0.3, 0.4) is 0 Å². The van der Waals surface area contributed by atoms with Crippen molar-refractivity contribution < 1.29 is 39.5 Å². The zero-order chi connectivity index (χ0) is 32.3. The molecule has 8 nitrogen and oxygen atoms in total. The van der Waals surface area contributed by atoms with Gasteiger partial charge in [0.2, 0.25) is 6.29 Å². The summed E-state index contributed by atoms with van der Waals surface area (Å²) in [6.45, 7) is 15.8. The Labute approximate surface area is 263 Å². The molecule has 12 atom stereocenters. The lowest BCUT2D eigenvalue weighted by Crippen LogP contribution is -2.65. The van der Waals surface area contributed by atoms with Gasteiger partial charge in [0.05, 0.1) is 12.0 Å². The smallest absolute Gasteiger partial charge is 0.315 e. The molecule has 0 unspecified atom stereocenters. The molecule has 6 rings (SSSR count). The highest BCUT2D eigenvalue weighted by atomic mass is 16.7. The summed E-state index contributed by atoms with van der Waals surface area (Å²) < 4.78 is 11.6. The first-order chi connectivity index (χ1) is 20.4. The molecule has 6 aliphatic rings. The van der Waals surface area contributed by atoms with Crippen molar-refractivity contribution in [1.29, 1.82) is 0 Å². The van der Waals surface area contributed by atoms with Crippen molar-refractivity contribution in [1.82, 2.24) is 0 Å². The van der Waals surface area contributed by atoms with Crippen molar-refractivity contribution >= 4 is 11.8 Å². The standard InChI is InChI=1S/C36H56O8/c1-31(2)14-16-36(30(42)44-29-28(41)27(40)26(39)22(19-37)43-29)17-15-34(6)20(21(36)18-31)8-9-24-33(5)12-11-25(38)32(3,4)23(33)10-13-35(24,34)7/h8,21-24,26-29,37,39-41H,9-19H2,1-7H3/t21-,22+,23-,24+,26+,27-,28+,29-,33-,34+,35+,36-/m0/s1. The molecule has 4 saturated carbocycles. The van der Waals surface area contributed by atoms with Gasteiger partial charge in [-0.2, -0.15) is 0 Å². The average molecular weight is 617 g/mol. The van der Waals surface area contributed by atoms with Crippen molar-refractivity contribution in [2.45, 2.75) is 143 Å². The normalized spacial score (nSPS) is 51.2. The zero-order valence-electron chi connectivity index (χ0n) is 27.9. The lowest BCUT2D eigenvalue weighted by atomic mass is 9.33. The number of aliphatic hydroxyl groups excluding tert-OH is 4. The van der Waals surface area contributed by atoms with Gasteiger partial charge >= 0.3 is 5.97 Å². The van der Waals surface area contributed by atoms with E-state index in [0.717, 1.165) is 44.9 Å². The van der Waals surface area contributed by atoms with Crippen molar-refractivity contribution in [3.8, 4) is 0 Å². The second kappa shape index (κ2) is 10.3. The molecule has 5 fully saturated rings. The van der Waals surface area contributed by atoms with Gasteiger partial charge in [-0.25, -0.2) is 0 Å². The molecule has 1 saturated heterocycles. The molecule has 0 aromatic rings. The maximum absolute atomic E-state index is 14.4. The second-order valence-corrected chi connectivity index (χ2v) is 17.6. The van der Waals surface area contributed by atoms with Crippen LogP contribution in [0.2, 0.25) is 0 Å². The van der Waals surface area contributed by atoms with E-state index in [0.29, 0.717) is 36.9 Å². The summed E-state index contributed by atoms with van der Waals surface area (Å²) in [5.41, 5.74) is 0.373. The number of hydrogen-bond donors (Lipinski definition) is 4. The number of allylic oxidation sites excluding steroid dienone is 2. The minimum absolute atomic E-state index is 0.0185. The molecule has 0 spiro atoms. The highest BCUT2D eigenvalue weighted by Gasteiger charge is 2.69. The fourth-order valence-electron chi connectivity index (χ4n) is 11.8. The number of carbonyl (C=O) groups is 2. The van der Waals surface area contributed by atoms with E-state index in [1.165, 1.54) is 5.57 Å². The molecule has 0 aromatic heterocycles. The lowest BCUT2D eigenvalue weighted by Gasteiger charge is -2.70. The number of fused-ring (bicyclic) bond motifs is 7. The number of hydrogen-bond acceptors (Lipinski definition) is 8. The minimum Gasteiger partial charge on any atom is -0.432 e. The fourth-order valence-corrected chi connectivity index (χ4v) is 11.8. The van der Waals surface area contributed by atoms with Gasteiger partial charge in [0.1, 0.15) is 30.2 Å². The van der Waals surface area contributed by atoms with Gasteiger partial charge in [0.25, 0.3) is 0 Å². The molecular weight excluding hydrogens is 560 g/mol. The molecule has 248 valence electrons. The first-order valence-corrected chi connectivity index (χ1v) is 17.1. The summed E-state index contributed by atoms with van der Waals surface area (Å²) in [5, 5.41) is 41.0. The first-order valence-electron chi connectivity index (χ1n) is 17.1. The summed E-state index contributed by atoms with van der Waals surface area (Å²) in [6, 6.07) is 0. The van der Waals surface area contributed by atoms with E-state index in [9.17, 15) is 30.0 Å². The van der Waals surface area contributed by atoms with Gasteiger partial charge in [0.15, 0.2) is 0 Å². The third kappa shape index (κ3) is 4.33. The van der Waals surface area contributed by atoms with E-state index >= 15 is 0 Å². The summed E-state index contributed by atoms with van der Waals surface area (Å²) >= 11 is 0. The maximum atomic E-state index is 14.4. The van der Waals surface area contributed by atoms with E-state index in [2.05, 4.69) is 54.5 Å². The Morgan fingerprint density at radius 1 is 0.909 bits per heavy atom. The molecule has 1 aliphatic heterocycles. The molecule has 0 amide bonds. The number of esters is 1. The molecule has 4 N–H and O–H groups in total. The van der Waals surface area contributed by atoms with Crippen LogP contribution >= 0.6 is 0 Å². The van der Waals surface area contributed by atoms with Crippen LogP contribution in [0.4, 0.5) is 0 Å². The summed E-state index contributed by atoms with van der Waals surface area (Å²) in [5.74, 6) is 0.806. The van der Waals surface area contributed by atoms with Crippen molar-refractivity contribution in [3.05, 3.63) is 11.6 Å².